The second-order valence-electron chi connectivity index (χ2n) is 9.39. The minimum atomic E-state index is -0.170. The van der Waals surface area contributed by atoms with Gasteiger partial charge in [-0.05, 0) is 87.6 Å². The van der Waals surface area contributed by atoms with Gasteiger partial charge in [-0.3, -0.25) is 4.90 Å². The second-order valence-corrected chi connectivity index (χ2v) is 9.39. The molecule has 1 fully saturated rings. The summed E-state index contributed by atoms with van der Waals surface area (Å²) < 4.78 is 13.4. The smallest absolute Gasteiger partial charge is 0.123 e. The summed E-state index contributed by atoms with van der Waals surface area (Å²) in [5.41, 5.74) is 12.3. The van der Waals surface area contributed by atoms with Gasteiger partial charge in [0.15, 0.2) is 0 Å². The van der Waals surface area contributed by atoms with E-state index in [9.17, 15) is 4.39 Å². The molecule has 2 aromatic rings. The van der Waals surface area contributed by atoms with E-state index in [2.05, 4.69) is 47.6 Å². The third kappa shape index (κ3) is 7.66. The van der Waals surface area contributed by atoms with E-state index in [0.717, 1.165) is 78.3 Å². The normalized spacial score (nSPS) is 15.6. The molecule has 5 heteroatoms. The van der Waals surface area contributed by atoms with E-state index in [-0.39, 0.29) is 5.82 Å². The Bertz CT molecular complexity index is 805. The van der Waals surface area contributed by atoms with E-state index in [1.54, 1.807) is 12.1 Å². The molecular weight excluding hydrogens is 399 g/mol. The fraction of sp³-hybridized carbons (Fsp3) is 0.556. The Balaban J connectivity index is 1.57. The highest BCUT2D eigenvalue weighted by Crippen LogP contribution is 2.20. The molecule has 0 aromatic heterocycles. The number of piperazine rings is 1. The maximum absolute atomic E-state index is 13.4. The van der Waals surface area contributed by atoms with Crippen LogP contribution in [0.15, 0.2) is 36.4 Å². The van der Waals surface area contributed by atoms with E-state index in [0.29, 0.717) is 0 Å². The van der Waals surface area contributed by atoms with E-state index in [4.69, 9.17) is 5.73 Å². The molecule has 3 rings (SSSR count). The zero-order valence-corrected chi connectivity index (χ0v) is 20.2. The first-order valence-electron chi connectivity index (χ1n) is 12.1. The summed E-state index contributed by atoms with van der Waals surface area (Å²) in [6.45, 7) is 17.1. The van der Waals surface area contributed by atoms with Crippen molar-refractivity contribution < 1.29 is 4.39 Å². The molecule has 0 saturated carbocycles. The molecule has 0 radical (unpaired) electrons. The van der Waals surface area contributed by atoms with Gasteiger partial charge in [0.1, 0.15) is 5.82 Å². The van der Waals surface area contributed by atoms with E-state index >= 15 is 0 Å². The summed E-state index contributed by atoms with van der Waals surface area (Å²) in [6, 6.07) is 11.5. The molecular formula is C27H41FN4. The van der Waals surface area contributed by atoms with Crippen molar-refractivity contribution in [3.8, 4) is 0 Å². The number of nitrogens with two attached hydrogens (primary N) is 1. The molecule has 0 spiro atoms. The van der Waals surface area contributed by atoms with Crippen LogP contribution in [0.5, 0.6) is 0 Å². The number of hydrogen-bond donors (Lipinski definition) is 1. The third-order valence-electron chi connectivity index (χ3n) is 6.63. The molecule has 1 aliphatic rings. The molecule has 4 nitrogen and oxygen atoms in total. The zero-order valence-electron chi connectivity index (χ0n) is 20.2. The highest BCUT2D eigenvalue weighted by atomic mass is 19.1. The van der Waals surface area contributed by atoms with Crippen molar-refractivity contribution in [1.29, 1.82) is 0 Å². The molecule has 176 valence electrons. The standard InChI is InChI=1S/C27H41FN4/c1-22-18-23(2)27(24(3)19-22)21-32(20-25-6-8-26(28)9-7-25)13-5-12-31-16-14-30(15-17-31)11-4-10-29/h6-9,18-19H,4-5,10-17,20-21,29H2,1-3H3. The molecule has 0 amide bonds. The molecule has 0 bridgehead atoms. The van der Waals surface area contributed by atoms with Crippen molar-refractivity contribution in [3.05, 3.63) is 70.0 Å². The Morgan fingerprint density at radius 2 is 1.41 bits per heavy atom. The van der Waals surface area contributed by atoms with Crippen LogP contribution in [0.25, 0.3) is 0 Å². The molecule has 32 heavy (non-hydrogen) atoms. The van der Waals surface area contributed by atoms with Crippen molar-refractivity contribution in [3.63, 3.8) is 0 Å². The van der Waals surface area contributed by atoms with Crippen molar-refractivity contribution in [1.82, 2.24) is 14.7 Å². The van der Waals surface area contributed by atoms with Crippen LogP contribution in [0.4, 0.5) is 4.39 Å². The molecule has 1 saturated heterocycles. The summed E-state index contributed by atoms with van der Waals surface area (Å²) in [5, 5.41) is 0. The number of hydrogen-bond acceptors (Lipinski definition) is 4. The Morgan fingerprint density at radius 3 is 1.97 bits per heavy atom. The first-order chi connectivity index (χ1) is 15.4. The fourth-order valence-electron chi connectivity index (χ4n) is 4.81. The summed E-state index contributed by atoms with van der Waals surface area (Å²) in [5.74, 6) is -0.170. The van der Waals surface area contributed by atoms with Crippen LogP contribution < -0.4 is 5.73 Å². The van der Waals surface area contributed by atoms with Gasteiger partial charge in [-0.25, -0.2) is 4.39 Å². The Kier molecular flexibility index (Phi) is 9.67. The van der Waals surface area contributed by atoms with Crippen molar-refractivity contribution in [2.45, 2.75) is 46.7 Å². The van der Waals surface area contributed by atoms with Gasteiger partial charge in [0.2, 0.25) is 0 Å². The van der Waals surface area contributed by atoms with E-state index in [1.807, 2.05) is 12.1 Å². The zero-order chi connectivity index (χ0) is 22.9. The number of nitrogens with zero attached hydrogens (tertiary/aromatic N) is 3. The largest absolute Gasteiger partial charge is 0.330 e. The van der Waals surface area contributed by atoms with Crippen molar-refractivity contribution >= 4 is 0 Å². The Morgan fingerprint density at radius 1 is 0.844 bits per heavy atom. The van der Waals surface area contributed by atoms with Crippen LogP contribution in [0.1, 0.15) is 40.7 Å². The van der Waals surface area contributed by atoms with Crippen LogP contribution in [-0.4, -0.2) is 67.1 Å². The van der Waals surface area contributed by atoms with E-state index < -0.39 is 0 Å². The van der Waals surface area contributed by atoms with Crippen LogP contribution in [0.2, 0.25) is 0 Å². The number of benzene rings is 2. The van der Waals surface area contributed by atoms with Crippen LogP contribution in [0.3, 0.4) is 0 Å². The maximum atomic E-state index is 13.4. The SMILES string of the molecule is Cc1cc(C)c(CN(CCCN2CCN(CCCN)CC2)Cc2ccc(F)cc2)c(C)c1. The number of aryl methyl sites for hydroxylation is 3. The average Bonchev–Trinajstić information content (AvgIpc) is 2.77. The van der Waals surface area contributed by atoms with Crippen molar-refractivity contribution in [2.24, 2.45) is 5.73 Å². The van der Waals surface area contributed by atoms with Crippen LogP contribution in [-0.2, 0) is 13.1 Å². The minimum absolute atomic E-state index is 0.170. The van der Waals surface area contributed by atoms with Gasteiger partial charge >= 0.3 is 0 Å². The lowest BCUT2D eigenvalue weighted by Crippen LogP contribution is -2.47. The summed E-state index contributed by atoms with van der Waals surface area (Å²) in [4.78, 5) is 7.65. The average molecular weight is 441 g/mol. The Labute approximate surface area is 194 Å². The quantitative estimate of drug-likeness (QED) is 0.570. The lowest BCUT2D eigenvalue weighted by atomic mass is 9.99. The highest BCUT2D eigenvalue weighted by Gasteiger charge is 2.17. The van der Waals surface area contributed by atoms with Gasteiger partial charge in [0.25, 0.3) is 0 Å². The third-order valence-corrected chi connectivity index (χ3v) is 6.63. The lowest BCUT2D eigenvalue weighted by Gasteiger charge is -2.35. The molecule has 1 heterocycles. The van der Waals surface area contributed by atoms with Gasteiger partial charge < -0.3 is 15.5 Å². The number of halogens is 1. The van der Waals surface area contributed by atoms with E-state index in [1.165, 1.54) is 27.8 Å². The Hall–Kier alpha value is -1.79. The van der Waals surface area contributed by atoms with Gasteiger partial charge in [-0.2, -0.15) is 0 Å². The molecule has 0 unspecified atom stereocenters. The first-order valence-corrected chi connectivity index (χ1v) is 12.1. The fourth-order valence-corrected chi connectivity index (χ4v) is 4.81. The second kappa shape index (κ2) is 12.4. The number of rotatable bonds is 11. The summed E-state index contributed by atoms with van der Waals surface area (Å²) in [6.07, 6.45) is 2.24. The molecule has 2 N–H and O–H groups in total. The first kappa shape index (κ1) is 24.8. The summed E-state index contributed by atoms with van der Waals surface area (Å²) >= 11 is 0. The highest BCUT2D eigenvalue weighted by molar-refractivity contribution is 5.37. The minimum Gasteiger partial charge on any atom is -0.330 e. The predicted molar refractivity (Wildman–Crippen MR) is 132 cm³/mol. The lowest BCUT2D eigenvalue weighted by molar-refractivity contribution is 0.125. The van der Waals surface area contributed by atoms with Crippen LogP contribution in [0, 0.1) is 26.6 Å². The van der Waals surface area contributed by atoms with Gasteiger partial charge in [-0.15, -0.1) is 0 Å². The molecule has 0 atom stereocenters. The molecule has 1 aliphatic heterocycles. The monoisotopic (exact) mass is 440 g/mol. The molecule has 2 aromatic carbocycles. The van der Waals surface area contributed by atoms with Gasteiger partial charge in [0, 0.05) is 45.8 Å². The predicted octanol–water partition coefficient (Wildman–Crippen LogP) is 4.11. The van der Waals surface area contributed by atoms with Gasteiger partial charge in [-0.1, -0.05) is 29.8 Å². The molecule has 0 aliphatic carbocycles. The van der Waals surface area contributed by atoms with Gasteiger partial charge in [0.05, 0.1) is 0 Å². The van der Waals surface area contributed by atoms with Crippen LogP contribution >= 0.6 is 0 Å². The van der Waals surface area contributed by atoms with Crippen molar-refractivity contribution in [2.75, 3.05) is 52.4 Å². The summed E-state index contributed by atoms with van der Waals surface area (Å²) in [7, 11) is 0. The maximum Gasteiger partial charge on any atom is 0.123 e. The topological polar surface area (TPSA) is 35.7 Å².